The van der Waals surface area contributed by atoms with Crippen molar-refractivity contribution in [2.24, 2.45) is 5.16 Å². The molecule has 0 fully saturated rings. The fourth-order valence-electron chi connectivity index (χ4n) is 0.999. The van der Waals surface area contributed by atoms with Gasteiger partial charge in [0.1, 0.15) is 6.61 Å². The minimum Gasteiger partial charge on any atom is -0.396 e. The highest BCUT2D eigenvalue weighted by Gasteiger charge is 1.92. The monoisotopic (exact) mass is 193 g/mol. The van der Waals surface area contributed by atoms with Crippen LogP contribution in [-0.2, 0) is 11.4 Å². The zero-order chi connectivity index (χ0) is 10.2. The van der Waals surface area contributed by atoms with Crippen LogP contribution in [-0.4, -0.2) is 17.4 Å². The van der Waals surface area contributed by atoms with Gasteiger partial charge in [-0.05, 0) is 12.5 Å². The summed E-state index contributed by atoms with van der Waals surface area (Å²) in [5, 5.41) is 12.5. The van der Waals surface area contributed by atoms with E-state index in [-0.39, 0.29) is 6.61 Å². The molecule has 0 amide bonds. The Labute approximate surface area is 84.0 Å². The Balaban J connectivity index is 2.31. The van der Waals surface area contributed by atoms with Crippen LogP contribution in [0.1, 0.15) is 18.9 Å². The minimum atomic E-state index is 0.115. The maximum absolute atomic E-state index is 8.62. The van der Waals surface area contributed by atoms with E-state index in [0.717, 1.165) is 11.3 Å². The van der Waals surface area contributed by atoms with E-state index in [1.54, 1.807) is 0 Å². The number of nitrogens with zero attached hydrogens (tertiary/aromatic N) is 1. The Hall–Kier alpha value is -1.35. The Kier molecular flexibility index (Phi) is 4.72. The van der Waals surface area contributed by atoms with Gasteiger partial charge in [0.25, 0.3) is 0 Å². The van der Waals surface area contributed by atoms with Gasteiger partial charge < -0.3 is 9.94 Å². The van der Waals surface area contributed by atoms with E-state index < -0.39 is 0 Å². The highest BCUT2D eigenvalue weighted by atomic mass is 16.6. The van der Waals surface area contributed by atoms with Gasteiger partial charge in [0.15, 0.2) is 0 Å². The molecule has 1 rings (SSSR count). The van der Waals surface area contributed by atoms with Crippen molar-refractivity contribution in [1.29, 1.82) is 0 Å². The third-order valence-corrected chi connectivity index (χ3v) is 1.77. The molecule has 3 heteroatoms. The number of aliphatic hydroxyl groups is 1. The van der Waals surface area contributed by atoms with Gasteiger partial charge in [-0.2, -0.15) is 0 Å². The molecule has 1 N–H and O–H groups in total. The maximum atomic E-state index is 8.62. The molecule has 0 atom stereocenters. The van der Waals surface area contributed by atoms with Gasteiger partial charge in [0, 0.05) is 13.0 Å². The van der Waals surface area contributed by atoms with E-state index in [2.05, 4.69) is 5.16 Å². The van der Waals surface area contributed by atoms with Crippen molar-refractivity contribution in [1.82, 2.24) is 0 Å². The van der Waals surface area contributed by atoms with Gasteiger partial charge in [0.05, 0.1) is 5.71 Å². The Morgan fingerprint density at radius 1 is 1.36 bits per heavy atom. The summed E-state index contributed by atoms with van der Waals surface area (Å²) >= 11 is 0. The van der Waals surface area contributed by atoms with E-state index in [0.29, 0.717) is 13.0 Å². The van der Waals surface area contributed by atoms with Crippen LogP contribution in [0.3, 0.4) is 0 Å². The number of benzene rings is 1. The molecule has 14 heavy (non-hydrogen) atoms. The van der Waals surface area contributed by atoms with Gasteiger partial charge in [-0.25, -0.2) is 0 Å². The molecular weight excluding hydrogens is 178 g/mol. The van der Waals surface area contributed by atoms with Crippen LogP contribution < -0.4 is 0 Å². The second-order valence-electron chi connectivity index (χ2n) is 3.06. The molecule has 0 aliphatic heterocycles. The van der Waals surface area contributed by atoms with Crippen molar-refractivity contribution in [3.8, 4) is 0 Å². The van der Waals surface area contributed by atoms with E-state index in [4.69, 9.17) is 9.94 Å². The summed E-state index contributed by atoms with van der Waals surface area (Å²) in [6.45, 7) is 2.43. The lowest BCUT2D eigenvalue weighted by molar-refractivity contribution is 0.129. The van der Waals surface area contributed by atoms with Gasteiger partial charge in [-0.15, -0.1) is 0 Å². The average Bonchev–Trinajstić information content (AvgIpc) is 2.20. The fourth-order valence-corrected chi connectivity index (χ4v) is 0.999. The molecule has 0 bridgehead atoms. The zero-order valence-electron chi connectivity index (χ0n) is 8.31. The van der Waals surface area contributed by atoms with Crippen LogP contribution in [0.5, 0.6) is 0 Å². The van der Waals surface area contributed by atoms with Gasteiger partial charge >= 0.3 is 0 Å². The van der Waals surface area contributed by atoms with Gasteiger partial charge in [0.2, 0.25) is 0 Å². The van der Waals surface area contributed by atoms with Crippen LogP contribution in [0.2, 0.25) is 0 Å². The summed E-state index contributed by atoms with van der Waals surface area (Å²) in [6, 6.07) is 9.85. The van der Waals surface area contributed by atoms with Crippen molar-refractivity contribution in [2.45, 2.75) is 20.0 Å². The van der Waals surface area contributed by atoms with E-state index in [1.165, 1.54) is 0 Å². The number of hydrogen-bond acceptors (Lipinski definition) is 3. The van der Waals surface area contributed by atoms with E-state index >= 15 is 0 Å². The lowest BCUT2D eigenvalue weighted by atomic mass is 10.2. The minimum absolute atomic E-state index is 0.115. The largest absolute Gasteiger partial charge is 0.396 e. The first-order valence-electron chi connectivity index (χ1n) is 4.63. The quantitative estimate of drug-likeness (QED) is 0.573. The Morgan fingerprint density at radius 2 is 2.07 bits per heavy atom. The number of hydrogen-bond donors (Lipinski definition) is 1. The highest BCUT2D eigenvalue weighted by molar-refractivity contribution is 5.81. The van der Waals surface area contributed by atoms with Crippen molar-refractivity contribution >= 4 is 5.71 Å². The molecule has 3 nitrogen and oxygen atoms in total. The molecule has 0 radical (unpaired) electrons. The smallest absolute Gasteiger partial charge is 0.142 e. The summed E-state index contributed by atoms with van der Waals surface area (Å²) in [4.78, 5) is 5.11. The van der Waals surface area contributed by atoms with Crippen LogP contribution >= 0.6 is 0 Å². The van der Waals surface area contributed by atoms with Crippen LogP contribution in [0, 0.1) is 0 Å². The van der Waals surface area contributed by atoms with Crippen molar-refractivity contribution in [3.63, 3.8) is 0 Å². The second kappa shape index (κ2) is 6.16. The van der Waals surface area contributed by atoms with Crippen molar-refractivity contribution in [2.75, 3.05) is 6.61 Å². The molecule has 0 aliphatic rings. The Morgan fingerprint density at radius 3 is 2.71 bits per heavy atom. The topological polar surface area (TPSA) is 41.8 Å². The first kappa shape index (κ1) is 10.7. The lowest BCUT2D eigenvalue weighted by Crippen LogP contribution is -1.97. The number of oxime groups is 1. The normalized spacial score (nSPS) is 11.4. The number of rotatable bonds is 5. The lowest BCUT2D eigenvalue weighted by Gasteiger charge is -2.00. The van der Waals surface area contributed by atoms with Crippen molar-refractivity contribution < 1.29 is 9.94 Å². The van der Waals surface area contributed by atoms with Gasteiger partial charge in [-0.1, -0.05) is 35.5 Å². The van der Waals surface area contributed by atoms with Crippen molar-refractivity contribution in [3.05, 3.63) is 35.9 Å². The third kappa shape index (κ3) is 4.05. The molecule has 0 heterocycles. The molecule has 1 aromatic carbocycles. The average molecular weight is 193 g/mol. The summed E-state index contributed by atoms with van der Waals surface area (Å²) in [5.74, 6) is 0. The predicted octanol–water partition coefficient (Wildman–Crippen LogP) is 1.96. The molecule has 0 aromatic heterocycles. The standard InChI is InChI=1S/C11H15NO2/c1-10(7-8-13)12-14-9-11-5-3-2-4-6-11/h2-6,13H,7-9H2,1H3/b12-10-. The SMILES string of the molecule is C/C(CCO)=N/OCc1ccccc1. The first-order chi connectivity index (χ1) is 6.83. The summed E-state index contributed by atoms with van der Waals surface area (Å²) in [7, 11) is 0. The molecule has 0 aliphatic carbocycles. The summed E-state index contributed by atoms with van der Waals surface area (Å²) in [6.07, 6.45) is 0.564. The third-order valence-electron chi connectivity index (χ3n) is 1.77. The molecule has 0 saturated heterocycles. The zero-order valence-corrected chi connectivity index (χ0v) is 8.31. The molecule has 0 unspecified atom stereocenters. The molecule has 0 spiro atoms. The van der Waals surface area contributed by atoms with Gasteiger partial charge in [-0.3, -0.25) is 0 Å². The number of aliphatic hydroxyl groups excluding tert-OH is 1. The molecule has 76 valence electrons. The first-order valence-corrected chi connectivity index (χ1v) is 4.63. The molecule has 0 saturated carbocycles. The van der Waals surface area contributed by atoms with Crippen LogP contribution in [0.15, 0.2) is 35.5 Å². The maximum Gasteiger partial charge on any atom is 0.142 e. The predicted molar refractivity (Wildman–Crippen MR) is 56.0 cm³/mol. The van der Waals surface area contributed by atoms with Crippen LogP contribution in [0.25, 0.3) is 0 Å². The van der Waals surface area contributed by atoms with E-state index in [1.807, 2.05) is 37.3 Å². The van der Waals surface area contributed by atoms with E-state index in [9.17, 15) is 0 Å². The fraction of sp³-hybridized carbons (Fsp3) is 0.364. The Bertz CT molecular complexity index is 283. The summed E-state index contributed by atoms with van der Waals surface area (Å²) in [5.41, 5.74) is 1.90. The second-order valence-corrected chi connectivity index (χ2v) is 3.06. The van der Waals surface area contributed by atoms with Crippen LogP contribution in [0.4, 0.5) is 0 Å². The molecular formula is C11H15NO2. The summed E-state index contributed by atoms with van der Waals surface area (Å²) < 4.78 is 0. The highest BCUT2D eigenvalue weighted by Crippen LogP contribution is 2.00. The molecule has 1 aromatic rings.